The van der Waals surface area contributed by atoms with E-state index in [4.69, 9.17) is 4.98 Å². The molecule has 1 aliphatic rings. The quantitative estimate of drug-likeness (QED) is 0.329. The summed E-state index contributed by atoms with van der Waals surface area (Å²) in [5.41, 5.74) is 6.78. The minimum atomic E-state index is 0.0504. The third-order valence-electron chi connectivity index (χ3n) is 6.80. The van der Waals surface area contributed by atoms with Crippen molar-refractivity contribution < 1.29 is 4.79 Å². The van der Waals surface area contributed by atoms with Gasteiger partial charge < -0.3 is 14.9 Å². The van der Waals surface area contributed by atoms with E-state index in [0.717, 1.165) is 52.6 Å². The topological polar surface area (TPSA) is 143 Å². The number of H-pyrrole nitrogens is 2. The van der Waals surface area contributed by atoms with E-state index in [1.807, 2.05) is 35.9 Å². The van der Waals surface area contributed by atoms with Crippen molar-refractivity contribution in [1.29, 1.82) is 0 Å². The van der Waals surface area contributed by atoms with Crippen LogP contribution in [-0.4, -0.2) is 50.6 Å². The molecule has 6 heterocycles. The maximum atomic E-state index is 12.4. The van der Waals surface area contributed by atoms with Crippen LogP contribution in [0.5, 0.6) is 0 Å². The molecule has 1 fully saturated rings. The molecule has 0 aliphatic heterocycles. The molecule has 1 amide bonds. The number of anilines is 1. The van der Waals surface area contributed by atoms with E-state index in [2.05, 4.69) is 40.4 Å². The van der Waals surface area contributed by atoms with Gasteiger partial charge in [-0.3, -0.25) is 19.9 Å². The Hall–Kier alpha value is -4.93. The number of nitrogens with one attached hydrogen (secondary N) is 3. The molecular formula is C26H22N10O. The summed E-state index contributed by atoms with van der Waals surface area (Å²) in [5, 5.41) is 11.4. The first-order chi connectivity index (χ1) is 18.1. The Balaban J connectivity index is 1.26. The second-order valence-electron chi connectivity index (χ2n) is 9.30. The maximum absolute atomic E-state index is 12.4. The number of imidazole rings is 2. The number of carbonyl (C=O) groups is 1. The molecule has 0 spiro atoms. The van der Waals surface area contributed by atoms with E-state index >= 15 is 0 Å². The predicted molar refractivity (Wildman–Crippen MR) is 138 cm³/mol. The third-order valence-corrected chi connectivity index (χ3v) is 6.80. The average Bonchev–Trinajstić information content (AvgIpc) is 3.60. The van der Waals surface area contributed by atoms with Gasteiger partial charge in [0, 0.05) is 35.5 Å². The second-order valence-corrected chi connectivity index (χ2v) is 9.30. The monoisotopic (exact) mass is 490 g/mol. The number of carbonyl (C=O) groups excluding carboxylic acids is 1. The fourth-order valence-corrected chi connectivity index (χ4v) is 4.59. The molecule has 1 aliphatic carbocycles. The van der Waals surface area contributed by atoms with Crippen molar-refractivity contribution >= 4 is 33.7 Å². The Morgan fingerprint density at radius 3 is 2.86 bits per heavy atom. The van der Waals surface area contributed by atoms with E-state index in [1.165, 1.54) is 0 Å². The fourth-order valence-electron chi connectivity index (χ4n) is 4.59. The summed E-state index contributed by atoms with van der Waals surface area (Å²) in [6.45, 7) is 1.94. The molecule has 0 atom stereocenters. The molecule has 6 aromatic rings. The minimum absolute atomic E-state index is 0.0504. The standard InChI is InChI=1S/C26H22N10O/c1-14-12-36(13-30-14)21-5-6-28-24-23(21)32-25(33-24)22-18-8-19(29-11-20(18)34-35-22)16-7-17(10-27-9-16)31-26(37)15-3-2-4-15/h5-13,15H,2-4H2,1H3,(H,31,37)(H,34,35)(H,28,32,33). The van der Waals surface area contributed by atoms with Crippen molar-refractivity contribution in [2.75, 3.05) is 5.32 Å². The number of hydrogen-bond donors (Lipinski definition) is 3. The number of fused-ring (bicyclic) bond motifs is 2. The van der Waals surface area contributed by atoms with Gasteiger partial charge in [0.15, 0.2) is 11.5 Å². The van der Waals surface area contributed by atoms with Gasteiger partial charge >= 0.3 is 0 Å². The lowest BCUT2D eigenvalue weighted by Crippen LogP contribution is -2.28. The van der Waals surface area contributed by atoms with Crippen molar-refractivity contribution in [3.63, 3.8) is 0 Å². The molecule has 0 aromatic carbocycles. The Morgan fingerprint density at radius 2 is 2.05 bits per heavy atom. The lowest BCUT2D eigenvalue weighted by Gasteiger charge is -2.24. The number of hydrogen-bond acceptors (Lipinski definition) is 7. The van der Waals surface area contributed by atoms with Gasteiger partial charge in [0.25, 0.3) is 0 Å². The van der Waals surface area contributed by atoms with E-state index in [-0.39, 0.29) is 11.8 Å². The van der Waals surface area contributed by atoms with E-state index < -0.39 is 0 Å². The molecule has 0 radical (unpaired) electrons. The van der Waals surface area contributed by atoms with Crippen molar-refractivity contribution in [2.24, 2.45) is 5.92 Å². The smallest absolute Gasteiger partial charge is 0.227 e. The second kappa shape index (κ2) is 8.33. The zero-order valence-corrected chi connectivity index (χ0v) is 19.9. The van der Waals surface area contributed by atoms with E-state index in [9.17, 15) is 4.79 Å². The first kappa shape index (κ1) is 21.4. The number of nitrogens with zero attached hydrogens (tertiary/aromatic N) is 7. The largest absolute Gasteiger partial charge is 0.324 e. The van der Waals surface area contributed by atoms with E-state index in [1.54, 1.807) is 31.1 Å². The number of rotatable bonds is 5. The molecule has 1 saturated carbocycles. The fraction of sp³-hybridized carbons (Fsp3) is 0.192. The summed E-state index contributed by atoms with van der Waals surface area (Å²) in [6.07, 6.45) is 13.6. The molecule has 3 N–H and O–H groups in total. The van der Waals surface area contributed by atoms with Crippen LogP contribution in [-0.2, 0) is 4.79 Å². The van der Waals surface area contributed by atoms with Crippen LogP contribution >= 0.6 is 0 Å². The Labute approximate surface area is 210 Å². The molecule has 7 rings (SSSR count). The molecule has 182 valence electrons. The lowest BCUT2D eigenvalue weighted by molar-refractivity contribution is -0.122. The highest BCUT2D eigenvalue weighted by molar-refractivity contribution is 5.96. The molecule has 0 bridgehead atoms. The Kier molecular flexibility index (Phi) is 4.81. The Morgan fingerprint density at radius 1 is 1.14 bits per heavy atom. The van der Waals surface area contributed by atoms with Crippen LogP contribution in [0.2, 0.25) is 0 Å². The highest BCUT2D eigenvalue weighted by Crippen LogP contribution is 2.31. The molecular weight excluding hydrogens is 468 g/mol. The van der Waals surface area contributed by atoms with Gasteiger partial charge in [-0.25, -0.2) is 15.0 Å². The maximum Gasteiger partial charge on any atom is 0.227 e. The predicted octanol–water partition coefficient (Wildman–Crippen LogP) is 4.19. The zero-order chi connectivity index (χ0) is 24.9. The third kappa shape index (κ3) is 3.71. The highest BCUT2D eigenvalue weighted by Gasteiger charge is 2.25. The van der Waals surface area contributed by atoms with Crippen LogP contribution in [0.4, 0.5) is 5.69 Å². The summed E-state index contributed by atoms with van der Waals surface area (Å²) in [4.78, 5) is 38.2. The van der Waals surface area contributed by atoms with Gasteiger partial charge in [-0.15, -0.1) is 0 Å². The first-order valence-corrected chi connectivity index (χ1v) is 12.1. The summed E-state index contributed by atoms with van der Waals surface area (Å²) in [6, 6.07) is 5.74. The van der Waals surface area contributed by atoms with Crippen LogP contribution in [0.3, 0.4) is 0 Å². The van der Waals surface area contributed by atoms with Gasteiger partial charge in [-0.1, -0.05) is 6.42 Å². The van der Waals surface area contributed by atoms with Gasteiger partial charge in [0.05, 0.1) is 47.0 Å². The lowest BCUT2D eigenvalue weighted by atomic mass is 9.85. The van der Waals surface area contributed by atoms with Crippen LogP contribution in [0.25, 0.3) is 50.5 Å². The number of aromatic nitrogens is 9. The van der Waals surface area contributed by atoms with Crippen molar-refractivity contribution in [3.05, 3.63) is 61.2 Å². The minimum Gasteiger partial charge on any atom is -0.324 e. The molecule has 0 saturated heterocycles. The number of aromatic amines is 2. The van der Waals surface area contributed by atoms with Crippen LogP contribution in [0, 0.1) is 12.8 Å². The van der Waals surface area contributed by atoms with Gasteiger partial charge in [-0.05, 0) is 38.0 Å². The SMILES string of the molecule is Cc1cn(-c2ccnc3[nH]c(-c4n[nH]c5cnc(-c6cncc(NC(=O)C7CCC7)c6)cc45)nc23)cn1. The highest BCUT2D eigenvalue weighted by atomic mass is 16.1. The van der Waals surface area contributed by atoms with Crippen LogP contribution < -0.4 is 5.32 Å². The number of pyridine rings is 3. The van der Waals surface area contributed by atoms with Crippen molar-refractivity contribution in [3.8, 4) is 28.5 Å². The van der Waals surface area contributed by atoms with Gasteiger partial charge in [-0.2, -0.15) is 5.10 Å². The zero-order valence-electron chi connectivity index (χ0n) is 19.9. The summed E-state index contributed by atoms with van der Waals surface area (Å²) in [5.74, 6) is 0.743. The van der Waals surface area contributed by atoms with Gasteiger partial charge in [0.2, 0.25) is 5.91 Å². The summed E-state index contributed by atoms with van der Waals surface area (Å²) >= 11 is 0. The number of amides is 1. The van der Waals surface area contributed by atoms with E-state index in [0.29, 0.717) is 28.5 Å². The molecule has 0 unspecified atom stereocenters. The molecule has 6 aromatic heterocycles. The molecule has 37 heavy (non-hydrogen) atoms. The number of aryl methyl sites for hydroxylation is 1. The van der Waals surface area contributed by atoms with Crippen LogP contribution in [0.1, 0.15) is 25.0 Å². The normalized spacial score (nSPS) is 13.8. The molecule has 11 nitrogen and oxygen atoms in total. The summed E-state index contributed by atoms with van der Waals surface area (Å²) < 4.78 is 1.93. The molecule has 11 heteroatoms. The van der Waals surface area contributed by atoms with Crippen molar-refractivity contribution in [2.45, 2.75) is 26.2 Å². The Bertz CT molecular complexity index is 1790. The first-order valence-electron chi connectivity index (χ1n) is 12.1. The van der Waals surface area contributed by atoms with Gasteiger partial charge in [0.1, 0.15) is 11.2 Å². The van der Waals surface area contributed by atoms with Crippen LogP contribution in [0.15, 0.2) is 55.5 Å². The summed E-state index contributed by atoms with van der Waals surface area (Å²) in [7, 11) is 0. The average molecular weight is 491 g/mol. The van der Waals surface area contributed by atoms with Crippen molar-refractivity contribution in [1.82, 2.24) is 44.7 Å².